The number of quaternary nitrogens is 1. The minimum Gasteiger partial charge on any atom is -0.322 e. The summed E-state index contributed by atoms with van der Waals surface area (Å²) in [6.07, 6.45) is 3.87. The van der Waals surface area contributed by atoms with Gasteiger partial charge in [0.25, 0.3) is 0 Å². The Balaban J connectivity index is 3.73. The molecule has 1 nitrogen and oxygen atoms in total. The van der Waals surface area contributed by atoms with Crippen molar-refractivity contribution in [1.29, 1.82) is 0 Å². The average Bonchev–Trinajstić information content (AvgIpc) is 1.84. The van der Waals surface area contributed by atoms with Gasteiger partial charge in [0.1, 0.15) is 0 Å². The SMILES string of the molecule is C=CC[N+](C)(C)CC=CCl. The molecule has 0 rings (SSSR count). The fourth-order valence-electron chi connectivity index (χ4n) is 0.749. The fraction of sp³-hybridized carbons (Fsp3) is 0.500. The second kappa shape index (κ2) is 4.53. The van der Waals surface area contributed by atoms with E-state index in [1.807, 2.05) is 12.2 Å². The number of halogens is 1. The minimum atomic E-state index is 0.909. The second-order valence-corrected chi connectivity index (χ2v) is 3.20. The predicted molar refractivity (Wildman–Crippen MR) is 47.0 cm³/mol. The predicted octanol–water partition coefficient (Wildman–Crippen LogP) is 2.00. The molecule has 0 saturated carbocycles. The van der Waals surface area contributed by atoms with E-state index >= 15 is 0 Å². The van der Waals surface area contributed by atoms with Crippen LogP contribution in [0.2, 0.25) is 0 Å². The van der Waals surface area contributed by atoms with E-state index in [2.05, 4.69) is 20.7 Å². The molecule has 0 aliphatic rings. The smallest absolute Gasteiger partial charge is 0.0983 e. The van der Waals surface area contributed by atoms with Crippen LogP contribution in [0.15, 0.2) is 24.3 Å². The van der Waals surface area contributed by atoms with Gasteiger partial charge in [-0.05, 0) is 12.2 Å². The Bertz CT molecular complexity index is 127. The molecule has 0 saturated heterocycles. The van der Waals surface area contributed by atoms with E-state index in [4.69, 9.17) is 11.6 Å². The van der Waals surface area contributed by atoms with E-state index in [9.17, 15) is 0 Å². The van der Waals surface area contributed by atoms with E-state index in [-0.39, 0.29) is 0 Å². The van der Waals surface area contributed by atoms with Gasteiger partial charge in [-0.15, -0.1) is 0 Å². The van der Waals surface area contributed by atoms with Crippen molar-refractivity contribution in [3.63, 3.8) is 0 Å². The highest BCUT2D eigenvalue weighted by molar-refractivity contribution is 6.25. The molecule has 0 bridgehead atoms. The van der Waals surface area contributed by atoms with Crippen molar-refractivity contribution in [3.05, 3.63) is 24.3 Å². The Morgan fingerprint density at radius 1 is 1.40 bits per heavy atom. The molecule has 0 heterocycles. The van der Waals surface area contributed by atoms with Crippen molar-refractivity contribution < 1.29 is 4.48 Å². The zero-order valence-corrected chi connectivity index (χ0v) is 7.43. The van der Waals surface area contributed by atoms with Crippen LogP contribution in [0.25, 0.3) is 0 Å². The maximum absolute atomic E-state index is 5.39. The topological polar surface area (TPSA) is 0 Å². The van der Waals surface area contributed by atoms with Gasteiger partial charge in [-0.25, -0.2) is 0 Å². The molecule has 0 unspecified atom stereocenters. The molecule has 2 heteroatoms. The molecule has 0 aliphatic heterocycles. The molecular formula is C8H15ClN+. The van der Waals surface area contributed by atoms with Crippen LogP contribution in [0.3, 0.4) is 0 Å². The van der Waals surface area contributed by atoms with Gasteiger partial charge in [-0.1, -0.05) is 18.2 Å². The zero-order chi connectivity index (χ0) is 8.04. The van der Waals surface area contributed by atoms with Gasteiger partial charge >= 0.3 is 0 Å². The molecule has 0 atom stereocenters. The van der Waals surface area contributed by atoms with Crippen molar-refractivity contribution in [2.24, 2.45) is 0 Å². The third kappa shape index (κ3) is 4.59. The Hall–Kier alpha value is -0.270. The molecule has 0 spiro atoms. The molecule has 0 N–H and O–H groups in total. The molecule has 0 aliphatic carbocycles. The quantitative estimate of drug-likeness (QED) is 0.436. The highest BCUT2D eigenvalue weighted by Crippen LogP contribution is 1.97. The molecular weight excluding hydrogens is 146 g/mol. The molecule has 58 valence electrons. The largest absolute Gasteiger partial charge is 0.322 e. The first-order chi connectivity index (χ1) is 4.62. The zero-order valence-electron chi connectivity index (χ0n) is 6.68. The first kappa shape index (κ1) is 9.73. The van der Waals surface area contributed by atoms with E-state index in [1.165, 1.54) is 0 Å². The Morgan fingerprint density at radius 2 is 2.00 bits per heavy atom. The lowest BCUT2D eigenvalue weighted by Crippen LogP contribution is -2.39. The lowest BCUT2D eigenvalue weighted by atomic mass is 10.4. The number of hydrogen-bond acceptors (Lipinski definition) is 0. The summed E-state index contributed by atoms with van der Waals surface area (Å²) >= 11 is 5.39. The highest BCUT2D eigenvalue weighted by Gasteiger charge is 2.08. The molecule has 0 aromatic rings. The van der Waals surface area contributed by atoms with Gasteiger partial charge < -0.3 is 4.48 Å². The summed E-state index contributed by atoms with van der Waals surface area (Å²) in [5.41, 5.74) is 1.56. The number of likely N-dealkylation sites (N-methyl/N-ethyl adjacent to an activating group) is 1. The van der Waals surface area contributed by atoms with Crippen LogP contribution in [0, 0.1) is 0 Å². The number of hydrogen-bond donors (Lipinski definition) is 0. The monoisotopic (exact) mass is 160 g/mol. The molecule has 0 fully saturated rings. The summed E-state index contributed by atoms with van der Waals surface area (Å²) in [5, 5.41) is 0. The Kier molecular flexibility index (Phi) is 4.41. The van der Waals surface area contributed by atoms with Crippen LogP contribution in [-0.2, 0) is 0 Å². The third-order valence-electron chi connectivity index (χ3n) is 1.31. The fourth-order valence-corrected chi connectivity index (χ4v) is 0.829. The Morgan fingerprint density at radius 3 is 2.40 bits per heavy atom. The van der Waals surface area contributed by atoms with Gasteiger partial charge in [0.05, 0.1) is 27.2 Å². The maximum atomic E-state index is 5.39. The molecule has 0 aromatic carbocycles. The van der Waals surface area contributed by atoms with E-state index in [0.29, 0.717) is 0 Å². The minimum absolute atomic E-state index is 0.909. The Labute approximate surface area is 68.2 Å². The second-order valence-electron chi connectivity index (χ2n) is 2.95. The molecule has 0 aromatic heterocycles. The summed E-state index contributed by atoms with van der Waals surface area (Å²) < 4.78 is 0.909. The van der Waals surface area contributed by atoms with Gasteiger partial charge in [0, 0.05) is 5.54 Å². The average molecular weight is 161 g/mol. The van der Waals surface area contributed by atoms with Crippen LogP contribution in [0.1, 0.15) is 0 Å². The highest BCUT2D eigenvalue weighted by atomic mass is 35.5. The number of rotatable bonds is 4. The molecule has 0 radical (unpaired) electrons. The van der Waals surface area contributed by atoms with Crippen LogP contribution in [0.5, 0.6) is 0 Å². The lowest BCUT2D eigenvalue weighted by molar-refractivity contribution is -0.878. The van der Waals surface area contributed by atoms with Crippen LogP contribution in [0.4, 0.5) is 0 Å². The first-order valence-corrected chi connectivity index (χ1v) is 3.74. The number of nitrogens with zero attached hydrogens (tertiary/aromatic N) is 1. The summed E-state index contributed by atoms with van der Waals surface area (Å²) in [6.45, 7) is 5.61. The van der Waals surface area contributed by atoms with E-state index in [0.717, 1.165) is 17.6 Å². The van der Waals surface area contributed by atoms with Crippen LogP contribution in [-0.4, -0.2) is 31.7 Å². The molecule has 0 amide bonds. The van der Waals surface area contributed by atoms with Crippen molar-refractivity contribution in [2.45, 2.75) is 0 Å². The van der Waals surface area contributed by atoms with Gasteiger partial charge in [-0.3, -0.25) is 0 Å². The van der Waals surface area contributed by atoms with Crippen LogP contribution < -0.4 is 0 Å². The van der Waals surface area contributed by atoms with Crippen molar-refractivity contribution in [2.75, 3.05) is 27.2 Å². The lowest BCUT2D eigenvalue weighted by Gasteiger charge is -2.26. The maximum Gasteiger partial charge on any atom is 0.0983 e. The normalized spacial score (nSPS) is 12.3. The summed E-state index contributed by atoms with van der Waals surface area (Å²) in [7, 11) is 4.27. The van der Waals surface area contributed by atoms with E-state index < -0.39 is 0 Å². The van der Waals surface area contributed by atoms with Crippen molar-refractivity contribution >= 4 is 11.6 Å². The summed E-state index contributed by atoms with van der Waals surface area (Å²) in [4.78, 5) is 0. The molecule has 10 heavy (non-hydrogen) atoms. The first-order valence-electron chi connectivity index (χ1n) is 3.30. The van der Waals surface area contributed by atoms with Gasteiger partial charge in [0.2, 0.25) is 0 Å². The standard InChI is InChI=1S/C8H15ClN/c1-4-7-10(2,3)8-5-6-9/h4-6H,1,7-8H2,2-3H3/q+1. The summed E-state index contributed by atoms with van der Waals surface area (Å²) in [5.74, 6) is 0. The summed E-state index contributed by atoms with van der Waals surface area (Å²) in [6, 6.07) is 0. The van der Waals surface area contributed by atoms with Crippen LogP contribution >= 0.6 is 11.6 Å². The van der Waals surface area contributed by atoms with Gasteiger partial charge in [0.15, 0.2) is 0 Å². The van der Waals surface area contributed by atoms with Crippen molar-refractivity contribution in [1.82, 2.24) is 0 Å². The third-order valence-corrected chi connectivity index (χ3v) is 1.49. The van der Waals surface area contributed by atoms with Gasteiger partial charge in [-0.2, -0.15) is 0 Å². The van der Waals surface area contributed by atoms with E-state index in [1.54, 1.807) is 5.54 Å². The van der Waals surface area contributed by atoms with Crippen molar-refractivity contribution in [3.8, 4) is 0 Å².